The van der Waals surface area contributed by atoms with E-state index in [9.17, 15) is 4.79 Å². The average molecular weight is 347 g/mol. The third kappa shape index (κ3) is 5.78. The lowest BCUT2D eigenvalue weighted by Gasteiger charge is -2.11. The van der Waals surface area contributed by atoms with Gasteiger partial charge in [-0.2, -0.15) is 0 Å². The van der Waals surface area contributed by atoms with Crippen LogP contribution in [0.1, 0.15) is 25.3 Å². The molecule has 0 aliphatic rings. The van der Waals surface area contributed by atoms with Crippen molar-refractivity contribution < 1.29 is 9.53 Å². The Kier molecular flexibility index (Phi) is 6.94. The summed E-state index contributed by atoms with van der Waals surface area (Å²) in [7, 11) is 0. The molecule has 0 unspecified atom stereocenters. The minimum absolute atomic E-state index is 0.125. The van der Waals surface area contributed by atoms with Crippen molar-refractivity contribution >= 4 is 28.9 Å². The Morgan fingerprint density at radius 2 is 2.04 bits per heavy atom. The number of ether oxygens (including phenoxy) is 1. The van der Waals surface area contributed by atoms with E-state index in [2.05, 4.69) is 17.6 Å². The first-order chi connectivity index (χ1) is 11.6. The number of carbonyl (C=O) groups is 1. The molecule has 0 saturated heterocycles. The lowest BCUT2D eigenvalue weighted by molar-refractivity contribution is -0.114. The summed E-state index contributed by atoms with van der Waals surface area (Å²) < 4.78 is 5.65. The maximum Gasteiger partial charge on any atom is 0.243 e. The molecule has 5 heteroatoms. The second kappa shape index (κ2) is 9.18. The molecule has 0 heterocycles. The van der Waals surface area contributed by atoms with Gasteiger partial charge in [-0.3, -0.25) is 4.79 Å². The first-order valence-corrected chi connectivity index (χ1v) is 8.49. The van der Waals surface area contributed by atoms with Gasteiger partial charge in [0.05, 0.1) is 13.2 Å². The van der Waals surface area contributed by atoms with Crippen LogP contribution in [-0.2, 0) is 4.79 Å². The number of nitrogens with one attached hydrogen (secondary N) is 2. The molecule has 4 nitrogen and oxygen atoms in total. The molecule has 0 fully saturated rings. The monoisotopic (exact) mass is 346 g/mol. The van der Waals surface area contributed by atoms with Crippen molar-refractivity contribution in [3.63, 3.8) is 0 Å². The van der Waals surface area contributed by atoms with Crippen molar-refractivity contribution in [2.45, 2.75) is 26.7 Å². The van der Waals surface area contributed by atoms with Gasteiger partial charge in [0, 0.05) is 22.5 Å². The van der Waals surface area contributed by atoms with Gasteiger partial charge in [-0.15, -0.1) is 0 Å². The van der Waals surface area contributed by atoms with Gasteiger partial charge in [0.25, 0.3) is 0 Å². The highest BCUT2D eigenvalue weighted by Crippen LogP contribution is 2.20. The van der Waals surface area contributed by atoms with E-state index in [0.717, 1.165) is 35.5 Å². The number of amides is 1. The molecule has 128 valence electrons. The maximum absolute atomic E-state index is 12.1. The molecule has 1 amide bonds. The lowest BCUT2D eigenvalue weighted by Crippen LogP contribution is -2.22. The summed E-state index contributed by atoms with van der Waals surface area (Å²) in [5, 5.41) is 6.60. The van der Waals surface area contributed by atoms with Crippen LogP contribution in [0.15, 0.2) is 42.5 Å². The highest BCUT2D eigenvalue weighted by atomic mass is 35.5. The highest BCUT2D eigenvalue weighted by Gasteiger charge is 2.05. The van der Waals surface area contributed by atoms with Crippen LogP contribution in [0.4, 0.5) is 11.4 Å². The molecule has 0 spiro atoms. The highest BCUT2D eigenvalue weighted by molar-refractivity contribution is 6.30. The second-order valence-electron chi connectivity index (χ2n) is 5.59. The summed E-state index contributed by atoms with van der Waals surface area (Å²) in [6.45, 7) is 4.94. The summed E-state index contributed by atoms with van der Waals surface area (Å²) in [5.74, 6) is 0.639. The normalized spacial score (nSPS) is 10.3. The molecule has 0 bridgehead atoms. The van der Waals surface area contributed by atoms with Crippen molar-refractivity contribution in [3.8, 4) is 5.75 Å². The van der Waals surface area contributed by atoms with Gasteiger partial charge < -0.3 is 15.4 Å². The van der Waals surface area contributed by atoms with Gasteiger partial charge in [-0.05, 0) is 43.2 Å². The first kappa shape index (κ1) is 18.1. The SMILES string of the molecule is CCCCOc1cccc(NC(=O)CNc2cc(Cl)ccc2C)c1. The van der Waals surface area contributed by atoms with E-state index in [-0.39, 0.29) is 12.5 Å². The second-order valence-corrected chi connectivity index (χ2v) is 6.03. The summed E-state index contributed by atoms with van der Waals surface area (Å²) >= 11 is 5.98. The third-order valence-electron chi connectivity index (χ3n) is 3.52. The number of aryl methyl sites for hydroxylation is 1. The molecule has 0 aromatic heterocycles. The molecule has 2 aromatic rings. The standard InChI is InChI=1S/C19H23ClN2O2/c1-3-4-10-24-17-7-5-6-16(12-17)22-19(23)13-21-18-11-15(20)9-8-14(18)2/h5-9,11-12,21H,3-4,10,13H2,1-2H3,(H,22,23). The summed E-state index contributed by atoms with van der Waals surface area (Å²) in [5.41, 5.74) is 2.62. The topological polar surface area (TPSA) is 50.4 Å². The Morgan fingerprint density at radius 1 is 1.21 bits per heavy atom. The fourth-order valence-corrected chi connectivity index (χ4v) is 2.34. The van der Waals surface area contributed by atoms with Crippen molar-refractivity contribution in [1.29, 1.82) is 0 Å². The molecule has 0 atom stereocenters. The van der Waals surface area contributed by atoms with E-state index in [1.165, 1.54) is 0 Å². The largest absolute Gasteiger partial charge is 0.494 e. The number of benzene rings is 2. The van der Waals surface area contributed by atoms with E-state index >= 15 is 0 Å². The number of anilines is 2. The van der Waals surface area contributed by atoms with Gasteiger partial charge in [0.1, 0.15) is 5.75 Å². The Bertz CT molecular complexity index is 689. The summed E-state index contributed by atoms with van der Waals surface area (Å²) in [6, 6.07) is 13.0. The number of carbonyl (C=O) groups excluding carboxylic acids is 1. The first-order valence-electron chi connectivity index (χ1n) is 8.11. The number of hydrogen-bond donors (Lipinski definition) is 2. The predicted octanol–water partition coefficient (Wildman–Crippen LogP) is 4.88. The van der Waals surface area contributed by atoms with Gasteiger partial charge >= 0.3 is 0 Å². The third-order valence-corrected chi connectivity index (χ3v) is 3.76. The van der Waals surface area contributed by atoms with Crippen LogP contribution < -0.4 is 15.4 Å². The molecule has 24 heavy (non-hydrogen) atoms. The average Bonchev–Trinajstić information content (AvgIpc) is 2.56. The zero-order chi connectivity index (χ0) is 17.4. The van der Waals surface area contributed by atoms with Crippen LogP contribution >= 0.6 is 11.6 Å². The molecule has 2 N–H and O–H groups in total. The van der Waals surface area contributed by atoms with E-state index < -0.39 is 0 Å². The van der Waals surface area contributed by atoms with Crippen LogP contribution in [0.5, 0.6) is 5.75 Å². The van der Waals surface area contributed by atoms with Crippen LogP contribution in [0.25, 0.3) is 0 Å². The minimum atomic E-state index is -0.125. The quantitative estimate of drug-likeness (QED) is 0.670. The fraction of sp³-hybridized carbons (Fsp3) is 0.316. The zero-order valence-electron chi connectivity index (χ0n) is 14.1. The van der Waals surface area contributed by atoms with Crippen molar-refractivity contribution in [2.75, 3.05) is 23.8 Å². The Labute approximate surface area is 148 Å². The maximum atomic E-state index is 12.1. The van der Waals surface area contributed by atoms with Crippen LogP contribution in [0.3, 0.4) is 0 Å². The number of hydrogen-bond acceptors (Lipinski definition) is 3. The molecular weight excluding hydrogens is 324 g/mol. The smallest absolute Gasteiger partial charge is 0.243 e. The molecular formula is C19H23ClN2O2. The van der Waals surface area contributed by atoms with Crippen molar-refractivity contribution in [2.24, 2.45) is 0 Å². The van der Waals surface area contributed by atoms with Gasteiger partial charge in [-0.25, -0.2) is 0 Å². The minimum Gasteiger partial charge on any atom is -0.494 e. The summed E-state index contributed by atoms with van der Waals surface area (Å²) in [4.78, 5) is 12.1. The Hall–Kier alpha value is -2.20. The van der Waals surface area contributed by atoms with E-state index in [4.69, 9.17) is 16.3 Å². The molecule has 2 rings (SSSR count). The van der Waals surface area contributed by atoms with Crippen molar-refractivity contribution in [1.82, 2.24) is 0 Å². The van der Waals surface area contributed by atoms with Gasteiger partial charge in [0.2, 0.25) is 5.91 Å². The zero-order valence-corrected chi connectivity index (χ0v) is 14.8. The molecule has 0 saturated carbocycles. The number of rotatable bonds is 8. The molecule has 0 aliphatic carbocycles. The summed E-state index contributed by atoms with van der Waals surface area (Å²) in [6.07, 6.45) is 2.10. The van der Waals surface area contributed by atoms with E-state index in [1.807, 2.05) is 49.4 Å². The van der Waals surface area contributed by atoms with Crippen LogP contribution in [0, 0.1) is 6.92 Å². The molecule has 2 aromatic carbocycles. The van der Waals surface area contributed by atoms with Crippen LogP contribution in [0.2, 0.25) is 5.02 Å². The molecule has 0 aliphatic heterocycles. The van der Waals surface area contributed by atoms with Gasteiger partial charge in [0.15, 0.2) is 0 Å². The Balaban J connectivity index is 1.88. The predicted molar refractivity (Wildman–Crippen MR) is 100 cm³/mol. The number of unbranched alkanes of at least 4 members (excludes halogenated alkanes) is 1. The number of halogens is 1. The fourth-order valence-electron chi connectivity index (χ4n) is 2.16. The van der Waals surface area contributed by atoms with Gasteiger partial charge in [-0.1, -0.05) is 37.1 Å². The van der Waals surface area contributed by atoms with E-state index in [0.29, 0.717) is 11.6 Å². The van der Waals surface area contributed by atoms with Crippen LogP contribution in [-0.4, -0.2) is 19.1 Å². The van der Waals surface area contributed by atoms with Crippen molar-refractivity contribution in [3.05, 3.63) is 53.1 Å². The van der Waals surface area contributed by atoms with E-state index in [1.54, 1.807) is 0 Å². The lowest BCUT2D eigenvalue weighted by atomic mass is 10.2. The molecule has 0 radical (unpaired) electrons. The Morgan fingerprint density at radius 3 is 2.83 bits per heavy atom.